The Balaban J connectivity index is 1.88. The molecule has 6 nitrogen and oxygen atoms in total. The number of hydrogen-bond acceptors (Lipinski definition) is 4. The van der Waals surface area contributed by atoms with Crippen LogP contribution in [-0.2, 0) is 10.0 Å². The number of urea groups is 1. The summed E-state index contributed by atoms with van der Waals surface area (Å²) in [4.78, 5) is 11.9. The summed E-state index contributed by atoms with van der Waals surface area (Å²) in [6.45, 7) is 4.11. The molecule has 1 radical (unpaired) electrons. The standard InChI is InChI=1S/C18H23N2O4S/c1-3-14-6-9-17(21)15(12-14)10-11-19-18(22)20-25(23,24)16-7-4-13(2)5-8-16/h4-8,12,21H,3,9-11H2,1-2H3,(H2,19,20,22). The van der Waals surface area contributed by atoms with Crippen molar-refractivity contribution in [3.8, 4) is 0 Å². The molecule has 0 aromatic heterocycles. The fraction of sp³-hybridized carbons (Fsp3) is 0.333. The molecular formula is C18H23N2O4S. The Labute approximate surface area is 148 Å². The summed E-state index contributed by atoms with van der Waals surface area (Å²) < 4.78 is 26.2. The molecule has 135 valence electrons. The molecule has 3 N–H and O–H groups in total. The van der Waals surface area contributed by atoms with E-state index in [1.165, 1.54) is 12.1 Å². The van der Waals surface area contributed by atoms with Gasteiger partial charge in [-0.25, -0.2) is 17.9 Å². The third kappa shape index (κ3) is 5.35. The number of aliphatic hydroxyl groups excluding tert-OH is 1. The first-order chi connectivity index (χ1) is 11.8. The molecule has 2 amide bonds. The SMILES string of the molecule is CCC1=CC(CCNC(=O)NS(=O)(=O)c2ccc(C)cc2)=C(O)C[CH]1. The van der Waals surface area contributed by atoms with Gasteiger partial charge in [-0.05, 0) is 43.9 Å². The normalized spacial score (nSPS) is 14.9. The van der Waals surface area contributed by atoms with E-state index < -0.39 is 16.1 Å². The van der Waals surface area contributed by atoms with E-state index in [0.29, 0.717) is 12.8 Å². The van der Waals surface area contributed by atoms with E-state index >= 15 is 0 Å². The zero-order valence-corrected chi connectivity index (χ0v) is 15.2. The third-order valence-electron chi connectivity index (χ3n) is 3.93. The average molecular weight is 363 g/mol. The smallest absolute Gasteiger partial charge is 0.328 e. The van der Waals surface area contributed by atoms with Gasteiger partial charge in [0.25, 0.3) is 10.0 Å². The second kappa shape index (κ2) is 8.20. The van der Waals surface area contributed by atoms with Crippen LogP contribution in [0.15, 0.2) is 52.1 Å². The fourth-order valence-electron chi connectivity index (χ4n) is 2.43. The summed E-state index contributed by atoms with van der Waals surface area (Å²) in [6.07, 6.45) is 5.66. The van der Waals surface area contributed by atoms with E-state index in [1.54, 1.807) is 12.1 Å². The topological polar surface area (TPSA) is 95.5 Å². The average Bonchev–Trinajstić information content (AvgIpc) is 2.56. The lowest BCUT2D eigenvalue weighted by atomic mass is 9.94. The van der Waals surface area contributed by atoms with Crippen molar-refractivity contribution in [2.75, 3.05) is 6.54 Å². The van der Waals surface area contributed by atoms with E-state index in [1.807, 2.05) is 31.1 Å². The predicted octanol–water partition coefficient (Wildman–Crippen LogP) is 3.13. The fourth-order valence-corrected chi connectivity index (χ4v) is 3.36. The van der Waals surface area contributed by atoms with E-state index in [4.69, 9.17) is 0 Å². The number of sulfonamides is 1. The van der Waals surface area contributed by atoms with Gasteiger partial charge in [0.1, 0.15) is 0 Å². The van der Waals surface area contributed by atoms with Gasteiger partial charge in [0.2, 0.25) is 0 Å². The van der Waals surface area contributed by atoms with Crippen molar-refractivity contribution >= 4 is 16.1 Å². The molecule has 0 heterocycles. The summed E-state index contributed by atoms with van der Waals surface area (Å²) in [7, 11) is -3.90. The van der Waals surface area contributed by atoms with Gasteiger partial charge in [-0.3, -0.25) is 0 Å². The Morgan fingerprint density at radius 3 is 2.56 bits per heavy atom. The zero-order valence-electron chi connectivity index (χ0n) is 14.4. The Kier molecular flexibility index (Phi) is 6.25. The lowest BCUT2D eigenvalue weighted by Gasteiger charge is -2.16. The van der Waals surface area contributed by atoms with E-state index in [9.17, 15) is 18.3 Å². The molecule has 1 aliphatic rings. The number of carbonyl (C=O) groups excluding carboxylic acids is 1. The molecule has 2 rings (SSSR count). The summed E-state index contributed by atoms with van der Waals surface area (Å²) in [5, 5.41) is 12.4. The number of carbonyl (C=O) groups is 1. The minimum atomic E-state index is -3.90. The highest BCUT2D eigenvalue weighted by atomic mass is 32.2. The van der Waals surface area contributed by atoms with Crippen LogP contribution in [0.3, 0.4) is 0 Å². The molecule has 0 fully saturated rings. The first-order valence-electron chi connectivity index (χ1n) is 8.14. The second-order valence-corrected chi connectivity index (χ2v) is 7.56. The van der Waals surface area contributed by atoms with E-state index in [0.717, 1.165) is 23.1 Å². The Morgan fingerprint density at radius 1 is 1.24 bits per heavy atom. The van der Waals surface area contributed by atoms with Crippen molar-refractivity contribution < 1.29 is 18.3 Å². The number of aryl methyl sites for hydroxylation is 1. The maximum Gasteiger partial charge on any atom is 0.328 e. The summed E-state index contributed by atoms with van der Waals surface area (Å²) >= 11 is 0. The maximum atomic E-state index is 12.1. The Morgan fingerprint density at radius 2 is 1.92 bits per heavy atom. The molecule has 0 unspecified atom stereocenters. The monoisotopic (exact) mass is 363 g/mol. The van der Waals surface area contributed by atoms with Crippen molar-refractivity contribution in [1.29, 1.82) is 0 Å². The molecule has 7 heteroatoms. The Bertz CT molecular complexity index is 793. The quantitative estimate of drug-likeness (QED) is 0.723. The highest BCUT2D eigenvalue weighted by Crippen LogP contribution is 2.24. The third-order valence-corrected chi connectivity index (χ3v) is 5.28. The Hall–Kier alpha value is -2.28. The molecule has 1 aromatic rings. The molecule has 0 aliphatic heterocycles. The summed E-state index contributed by atoms with van der Waals surface area (Å²) in [6, 6.07) is 5.44. The van der Waals surface area contributed by atoms with Crippen molar-refractivity contribution in [2.24, 2.45) is 0 Å². The van der Waals surface area contributed by atoms with Gasteiger partial charge < -0.3 is 10.4 Å². The molecule has 0 saturated heterocycles. The van der Waals surface area contributed by atoms with Gasteiger partial charge in [-0.1, -0.05) is 36.3 Å². The van der Waals surface area contributed by atoms with Crippen LogP contribution >= 0.6 is 0 Å². The highest BCUT2D eigenvalue weighted by Gasteiger charge is 2.17. The van der Waals surface area contributed by atoms with Crippen LogP contribution in [0.4, 0.5) is 4.79 Å². The number of nitrogens with one attached hydrogen (secondary N) is 2. The zero-order chi connectivity index (χ0) is 18.4. The van der Waals surface area contributed by atoms with Crippen LogP contribution < -0.4 is 10.0 Å². The van der Waals surface area contributed by atoms with Crippen LogP contribution in [0, 0.1) is 13.3 Å². The van der Waals surface area contributed by atoms with Gasteiger partial charge in [0.15, 0.2) is 0 Å². The summed E-state index contributed by atoms with van der Waals surface area (Å²) in [5.41, 5.74) is 2.83. The van der Waals surface area contributed by atoms with Crippen molar-refractivity contribution in [3.05, 3.63) is 59.2 Å². The number of amides is 2. The van der Waals surface area contributed by atoms with Crippen LogP contribution in [0.1, 0.15) is 31.7 Å². The molecule has 0 bridgehead atoms. The van der Waals surface area contributed by atoms with E-state index in [2.05, 4.69) is 5.32 Å². The first-order valence-corrected chi connectivity index (χ1v) is 9.62. The van der Waals surface area contributed by atoms with Crippen LogP contribution in [0.2, 0.25) is 0 Å². The molecule has 1 aromatic carbocycles. The number of aliphatic hydroxyl groups is 1. The number of hydrogen-bond donors (Lipinski definition) is 3. The van der Waals surface area contributed by atoms with Gasteiger partial charge in [-0.15, -0.1) is 0 Å². The maximum absolute atomic E-state index is 12.1. The molecular weight excluding hydrogens is 340 g/mol. The number of allylic oxidation sites excluding steroid dienone is 3. The first kappa shape index (κ1) is 19.1. The van der Waals surface area contributed by atoms with Crippen LogP contribution in [-0.4, -0.2) is 26.1 Å². The minimum Gasteiger partial charge on any atom is -0.512 e. The molecule has 0 spiro atoms. The van der Waals surface area contributed by atoms with E-state index in [-0.39, 0.29) is 17.2 Å². The largest absolute Gasteiger partial charge is 0.512 e. The molecule has 0 saturated carbocycles. The van der Waals surface area contributed by atoms with Crippen LogP contribution in [0.25, 0.3) is 0 Å². The van der Waals surface area contributed by atoms with Crippen molar-refractivity contribution in [1.82, 2.24) is 10.0 Å². The molecule has 1 aliphatic carbocycles. The van der Waals surface area contributed by atoms with Gasteiger partial charge in [0.05, 0.1) is 10.7 Å². The number of rotatable bonds is 6. The van der Waals surface area contributed by atoms with Gasteiger partial charge >= 0.3 is 6.03 Å². The minimum absolute atomic E-state index is 0.0342. The van der Waals surface area contributed by atoms with Crippen molar-refractivity contribution in [3.63, 3.8) is 0 Å². The second-order valence-electron chi connectivity index (χ2n) is 5.88. The predicted molar refractivity (Wildman–Crippen MR) is 96.5 cm³/mol. The summed E-state index contributed by atoms with van der Waals surface area (Å²) in [5.74, 6) is 0.284. The van der Waals surface area contributed by atoms with Gasteiger partial charge in [-0.2, -0.15) is 0 Å². The molecule has 25 heavy (non-hydrogen) atoms. The van der Waals surface area contributed by atoms with Crippen LogP contribution in [0.5, 0.6) is 0 Å². The van der Waals surface area contributed by atoms with Gasteiger partial charge in [0, 0.05) is 13.0 Å². The lowest BCUT2D eigenvalue weighted by molar-refractivity contribution is 0.246. The lowest BCUT2D eigenvalue weighted by Crippen LogP contribution is -2.39. The highest BCUT2D eigenvalue weighted by molar-refractivity contribution is 7.90. The van der Waals surface area contributed by atoms with Crippen molar-refractivity contribution in [2.45, 2.75) is 38.0 Å². The molecule has 0 atom stereocenters. The number of benzene rings is 1.